The van der Waals surface area contributed by atoms with Gasteiger partial charge in [-0.25, -0.2) is 8.78 Å². The van der Waals surface area contributed by atoms with E-state index in [0.717, 1.165) is 31.4 Å². The van der Waals surface area contributed by atoms with Gasteiger partial charge in [0.25, 0.3) is 5.91 Å². The molecule has 4 fully saturated rings. The van der Waals surface area contributed by atoms with Crippen molar-refractivity contribution < 1.29 is 23.1 Å². The van der Waals surface area contributed by atoms with Crippen LogP contribution in [0.5, 0.6) is 0 Å². The number of halogens is 2. The van der Waals surface area contributed by atoms with Crippen LogP contribution in [0.2, 0.25) is 0 Å². The summed E-state index contributed by atoms with van der Waals surface area (Å²) in [4.78, 5) is 24.9. The molecule has 4 nitrogen and oxygen atoms in total. The van der Waals surface area contributed by atoms with Gasteiger partial charge in [0.2, 0.25) is 0 Å². The lowest BCUT2D eigenvalue weighted by atomic mass is 9.49. The molecule has 0 spiro atoms. The molecule has 27 heavy (non-hydrogen) atoms. The molecular weight excluding hydrogens is 352 g/mol. The van der Waals surface area contributed by atoms with Gasteiger partial charge in [-0.3, -0.25) is 9.59 Å². The van der Waals surface area contributed by atoms with Crippen molar-refractivity contribution in [1.29, 1.82) is 0 Å². The van der Waals surface area contributed by atoms with Crippen molar-refractivity contribution in [3.05, 3.63) is 35.4 Å². The molecule has 1 aromatic rings. The van der Waals surface area contributed by atoms with E-state index in [2.05, 4.69) is 5.32 Å². The van der Waals surface area contributed by atoms with Crippen molar-refractivity contribution >= 4 is 11.9 Å². The Bertz CT molecular complexity index is 729. The summed E-state index contributed by atoms with van der Waals surface area (Å²) in [6.45, 7) is 1.24. The third-order valence-corrected chi connectivity index (χ3v) is 6.61. The molecule has 4 aliphatic carbocycles. The number of carbonyl (C=O) groups is 2. The molecule has 4 bridgehead atoms. The summed E-state index contributed by atoms with van der Waals surface area (Å²) >= 11 is 0. The van der Waals surface area contributed by atoms with Crippen LogP contribution in [0.3, 0.4) is 0 Å². The first-order valence-electron chi connectivity index (χ1n) is 9.76. The number of esters is 1. The summed E-state index contributed by atoms with van der Waals surface area (Å²) in [5, 5.41) is 2.61. The van der Waals surface area contributed by atoms with Crippen molar-refractivity contribution in [2.45, 2.75) is 51.5 Å². The number of ether oxygens (including phenoxy) is 1. The van der Waals surface area contributed by atoms with E-state index in [1.54, 1.807) is 6.92 Å². The average molecular weight is 377 g/mol. The molecule has 146 valence electrons. The van der Waals surface area contributed by atoms with Crippen molar-refractivity contribution in [3.63, 3.8) is 0 Å². The van der Waals surface area contributed by atoms with Crippen molar-refractivity contribution in [1.82, 2.24) is 5.32 Å². The number of hydrogen-bond acceptors (Lipinski definition) is 3. The average Bonchev–Trinajstić information content (AvgIpc) is 2.58. The Kier molecular flexibility index (Phi) is 4.68. The Hall–Kier alpha value is -1.98. The third-order valence-electron chi connectivity index (χ3n) is 6.61. The molecule has 6 heteroatoms. The van der Waals surface area contributed by atoms with E-state index < -0.39 is 29.0 Å². The molecular formula is C21H25F2NO3. The SMILES string of the molecule is C[C@@H](NC(=O)COC(=O)C12CC3CC(CC(C3)C1)C2)c1ccc(F)cc1F. The Balaban J connectivity index is 1.32. The number of rotatable bonds is 5. The Morgan fingerprint density at radius 1 is 1.15 bits per heavy atom. The molecule has 4 saturated carbocycles. The highest BCUT2D eigenvalue weighted by Crippen LogP contribution is 2.60. The predicted molar refractivity (Wildman–Crippen MR) is 94.5 cm³/mol. The summed E-state index contributed by atoms with van der Waals surface area (Å²) in [5.74, 6) is -0.244. The summed E-state index contributed by atoms with van der Waals surface area (Å²) in [6, 6.07) is 2.59. The van der Waals surface area contributed by atoms with Crippen LogP contribution in [0, 0.1) is 34.8 Å². The summed E-state index contributed by atoms with van der Waals surface area (Å²) in [6.07, 6.45) is 6.35. The van der Waals surface area contributed by atoms with E-state index in [1.807, 2.05) is 0 Å². The van der Waals surface area contributed by atoms with Gasteiger partial charge in [-0.2, -0.15) is 0 Å². The molecule has 1 amide bonds. The van der Waals surface area contributed by atoms with E-state index in [4.69, 9.17) is 4.74 Å². The molecule has 0 radical (unpaired) electrons. The molecule has 0 aliphatic heterocycles. The molecule has 1 atom stereocenters. The number of amides is 1. The van der Waals surface area contributed by atoms with Crippen molar-refractivity contribution in [2.75, 3.05) is 6.61 Å². The molecule has 0 heterocycles. The fourth-order valence-electron chi connectivity index (χ4n) is 5.86. The van der Waals surface area contributed by atoms with Gasteiger partial charge in [-0.05, 0) is 69.3 Å². The largest absolute Gasteiger partial charge is 0.455 e. The summed E-state index contributed by atoms with van der Waals surface area (Å²) in [5.41, 5.74) is -0.207. The van der Waals surface area contributed by atoms with Gasteiger partial charge in [0.15, 0.2) is 6.61 Å². The van der Waals surface area contributed by atoms with E-state index in [9.17, 15) is 18.4 Å². The zero-order valence-electron chi connectivity index (χ0n) is 15.5. The van der Waals surface area contributed by atoms with Crippen molar-refractivity contribution in [2.24, 2.45) is 23.2 Å². The minimum absolute atomic E-state index is 0.192. The number of hydrogen-bond donors (Lipinski definition) is 1. The lowest BCUT2D eigenvalue weighted by Gasteiger charge is -2.55. The standard InChI is InChI=1S/C21H25F2NO3/c1-12(17-3-2-16(22)7-18(17)23)24-19(25)11-27-20(26)21-8-13-4-14(9-21)6-15(5-13)10-21/h2-3,7,12-15H,4-6,8-11H2,1H3,(H,24,25)/t12-,13?,14?,15?,21?/m1/s1. The van der Waals surface area contributed by atoms with Gasteiger partial charge >= 0.3 is 5.97 Å². The molecule has 0 aromatic heterocycles. The van der Waals surface area contributed by atoms with Gasteiger partial charge in [0.1, 0.15) is 11.6 Å². The van der Waals surface area contributed by atoms with Crippen LogP contribution in [-0.4, -0.2) is 18.5 Å². The fraction of sp³-hybridized carbons (Fsp3) is 0.619. The Morgan fingerprint density at radius 3 is 2.30 bits per heavy atom. The van der Waals surface area contributed by atoms with Crippen molar-refractivity contribution in [3.8, 4) is 0 Å². The first kappa shape index (κ1) is 18.4. The number of carbonyl (C=O) groups excluding carboxylic acids is 2. The maximum absolute atomic E-state index is 13.8. The highest BCUT2D eigenvalue weighted by Gasteiger charge is 2.55. The zero-order chi connectivity index (χ0) is 19.2. The quantitative estimate of drug-likeness (QED) is 0.792. The van der Waals surface area contributed by atoms with Crippen LogP contribution in [0.15, 0.2) is 18.2 Å². The lowest BCUT2D eigenvalue weighted by Crippen LogP contribution is -2.51. The molecule has 1 N–H and O–H groups in total. The second kappa shape index (κ2) is 6.88. The lowest BCUT2D eigenvalue weighted by molar-refractivity contribution is -0.173. The van der Waals surface area contributed by atoms with Gasteiger partial charge < -0.3 is 10.1 Å². The predicted octanol–water partition coefficient (Wildman–Crippen LogP) is 3.90. The Labute approximate surface area is 157 Å². The normalized spacial score (nSPS) is 32.2. The molecule has 5 rings (SSSR count). The molecule has 0 saturated heterocycles. The monoisotopic (exact) mass is 377 g/mol. The van der Waals surface area contributed by atoms with E-state index in [0.29, 0.717) is 17.8 Å². The van der Waals surface area contributed by atoms with Gasteiger partial charge in [0, 0.05) is 11.6 Å². The van der Waals surface area contributed by atoms with Gasteiger partial charge in [0.05, 0.1) is 11.5 Å². The van der Waals surface area contributed by atoms with E-state index in [1.165, 1.54) is 25.3 Å². The molecule has 4 aliphatic rings. The first-order valence-corrected chi connectivity index (χ1v) is 9.76. The van der Waals surface area contributed by atoms with Crippen LogP contribution in [0.25, 0.3) is 0 Å². The highest BCUT2D eigenvalue weighted by atomic mass is 19.1. The minimum Gasteiger partial charge on any atom is -0.455 e. The van der Waals surface area contributed by atoms with Crippen LogP contribution < -0.4 is 5.32 Å². The van der Waals surface area contributed by atoms with E-state index in [-0.39, 0.29) is 18.1 Å². The summed E-state index contributed by atoms with van der Waals surface area (Å²) in [7, 11) is 0. The minimum atomic E-state index is -0.714. The maximum Gasteiger partial charge on any atom is 0.312 e. The second-order valence-electron chi connectivity index (χ2n) is 8.73. The topological polar surface area (TPSA) is 55.4 Å². The first-order chi connectivity index (χ1) is 12.8. The smallest absolute Gasteiger partial charge is 0.312 e. The Morgan fingerprint density at radius 2 is 1.74 bits per heavy atom. The van der Waals surface area contributed by atoms with Gasteiger partial charge in [-0.15, -0.1) is 0 Å². The number of nitrogens with one attached hydrogen (secondary N) is 1. The summed E-state index contributed by atoms with van der Waals surface area (Å²) < 4.78 is 32.2. The maximum atomic E-state index is 13.8. The second-order valence-corrected chi connectivity index (χ2v) is 8.73. The van der Waals surface area contributed by atoms with Crippen LogP contribution in [0.1, 0.15) is 57.1 Å². The van der Waals surface area contributed by atoms with Crippen LogP contribution >= 0.6 is 0 Å². The molecule has 0 unspecified atom stereocenters. The highest BCUT2D eigenvalue weighted by molar-refractivity contribution is 5.83. The number of benzene rings is 1. The van der Waals surface area contributed by atoms with Crippen LogP contribution in [-0.2, 0) is 14.3 Å². The van der Waals surface area contributed by atoms with Crippen LogP contribution in [0.4, 0.5) is 8.78 Å². The third kappa shape index (κ3) is 3.58. The molecule has 1 aromatic carbocycles. The van der Waals surface area contributed by atoms with Gasteiger partial charge in [-0.1, -0.05) is 6.07 Å². The zero-order valence-corrected chi connectivity index (χ0v) is 15.5. The van der Waals surface area contributed by atoms with E-state index >= 15 is 0 Å². The fourth-order valence-corrected chi connectivity index (χ4v) is 5.86.